The maximum atomic E-state index is 12.8. The largest absolute Gasteiger partial charge is 0.357 e. The molecule has 1 heterocycles. The second kappa shape index (κ2) is 8.27. The summed E-state index contributed by atoms with van der Waals surface area (Å²) >= 11 is 0. The van der Waals surface area contributed by atoms with Crippen LogP contribution >= 0.6 is 0 Å². The summed E-state index contributed by atoms with van der Waals surface area (Å²) in [5.74, 6) is 0.473. The summed E-state index contributed by atoms with van der Waals surface area (Å²) in [5.41, 5.74) is 1.53. The van der Waals surface area contributed by atoms with Crippen molar-refractivity contribution in [2.75, 3.05) is 24.5 Å². The molecule has 2 aromatic rings. The molecule has 1 N–H and O–H groups in total. The van der Waals surface area contributed by atoms with Crippen LogP contribution in [0.4, 0.5) is 10.2 Å². The molecule has 122 valence electrons. The third-order valence-corrected chi connectivity index (χ3v) is 3.71. The molecular weight excluding hydrogens is 293 g/mol. The zero-order chi connectivity index (χ0) is 16.7. The molecule has 0 fully saturated rings. The van der Waals surface area contributed by atoms with Crippen LogP contribution in [0.15, 0.2) is 42.6 Å². The molecule has 0 aliphatic heterocycles. The smallest absolute Gasteiger partial charge is 0.252 e. The Bertz CT molecular complexity index is 622. The number of carbonyl (C=O) groups is 1. The van der Waals surface area contributed by atoms with E-state index in [1.807, 2.05) is 6.07 Å². The number of aromatic nitrogens is 1. The summed E-state index contributed by atoms with van der Waals surface area (Å²) in [7, 11) is 0. The van der Waals surface area contributed by atoms with Crippen molar-refractivity contribution in [3.63, 3.8) is 0 Å². The molecule has 0 aliphatic rings. The fraction of sp³-hybridized carbons (Fsp3) is 0.333. The summed E-state index contributed by atoms with van der Waals surface area (Å²) in [4.78, 5) is 18.5. The lowest BCUT2D eigenvalue weighted by atomic mass is 10.1. The molecule has 23 heavy (non-hydrogen) atoms. The van der Waals surface area contributed by atoms with Gasteiger partial charge >= 0.3 is 0 Å². The highest BCUT2D eigenvalue weighted by Gasteiger charge is 2.08. The standard InChI is InChI=1S/C18H22FN3O/c1-3-22(4-2)17-10-7-15(13-21-17)18(23)20-12-11-14-5-8-16(19)9-6-14/h5-10,13H,3-4,11-12H2,1-2H3,(H,20,23). The summed E-state index contributed by atoms with van der Waals surface area (Å²) in [6, 6.07) is 9.94. The van der Waals surface area contributed by atoms with E-state index in [0.717, 1.165) is 24.5 Å². The first kappa shape index (κ1) is 16.9. The topological polar surface area (TPSA) is 45.2 Å². The Hall–Kier alpha value is -2.43. The Labute approximate surface area is 136 Å². The van der Waals surface area contributed by atoms with Gasteiger partial charge in [0.05, 0.1) is 5.56 Å². The molecule has 0 atom stereocenters. The van der Waals surface area contributed by atoms with Gasteiger partial charge in [0, 0.05) is 25.8 Å². The summed E-state index contributed by atoms with van der Waals surface area (Å²) in [6.07, 6.45) is 2.26. The number of carbonyl (C=O) groups excluding carboxylic acids is 1. The molecule has 1 aromatic carbocycles. The van der Waals surface area contributed by atoms with Crippen molar-refractivity contribution in [2.45, 2.75) is 20.3 Å². The number of nitrogens with one attached hydrogen (secondary N) is 1. The van der Waals surface area contributed by atoms with E-state index in [0.29, 0.717) is 18.5 Å². The first-order chi connectivity index (χ1) is 11.1. The van der Waals surface area contributed by atoms with Gasteiger partial charge in [-0.15, -0.1) is 0 Å². The van der Waals surface area contributed by atoms with Crippen molar-refractivity contribution in [3.05, 3.63) is 59.5 Å². The summed E-state index contributed by atoms with van der Waals surface area (Å²) < 4.78 is 12.8. The van der Waals surface area contributed by atoms with Crippen molar-refractivity contribution < 1.29 is 9.18 Å². The van der Waals surface area contributed by atoms with Gasteiger partial charge in [0.15, 0.2) is 0 Å². The van der Waals surface area contributed by atoms with E-state index in [1.165, 1.54) is 12.1 Å². The molecule has 1 aromatic heterocycles. The Balaban J connectivity index is 1.86. The number of pyridine rings is 1. The highest BCUT2D eigenvalue weighted by Crippen LogP contribution is 2.10. The predicted octanol–water partition coefficient (Wildman–Crippen LogP) is 3.04. The Morgan fingerprint density at radius 2 is 1.83 bits per heavy atom. The van der Waals surface area contributed by atoms with Gasteiger partial charge < -0.3 is 10.2 Å². The van der Waals surface area contributed by atoms with Gasteiger partial charge in [-0.25, -0.2) is 9.37 Å². The molecule has 0 spiro atoms. The third kappa shape index (κ3) is 4.77. The number of hydrogen-bond acceptors (Lipinski definition) is 3. The highest BCUT2D eigenvalue weighted by atomic mass is 19.1. The summed E-state index contributed by atoms with van der Waals surface area (Å²) in [6.45, 7) is 6.41. The SMILES string of the molecule is CCN(CC)c1ccc(C(=O)NCCc2ccc(F)cc2)cn1. The fourth-order valence-corrected chi connectivity index (χ4v) is 2.33. The van der Waals surface area contributed by atoms with Gasteiger partial charge in [-0.1, -0.05) is 12.1 Å². The third-order valence-electron chi connectivity index (χ3n) is 3.71. The van der Waals surface area contributed by atoms with E-state index < -0.39 is 0 Å². The minimum Gasteiger partial charge on any atom is -0.357 e. The highest BCUT2D eigenvalue weighted by molar-refractivity contribution is 5.94. The molecule has 4 nitrogen and oxygen atoms in total. The second-order valence-electron chi connectivity index (χ2n) is 5.21. The molecule has 0 saturated carbocycles. The van der Waals surface area contributed by atoms with E-state index in [-0.39, 0.29) is 11.7 Å². The van der Waals surface area contributed by atoms with Gasteiger partial charge in [-0.05, 0) is 50.1 Å². The Morgan fingerprint density at radius 1 is 1.13 bits per heavy atom. The van der Waals surface area contributed by atoms with Crippen LogP contribution in [0, 0.1) is 5.82 Å². The maximum Gasteiger partial charge on any atom is 0.252 e. The van der Waals surface area contributed by atoms with E-state index in [1.54, 1.807) is 24.4 Å². The van der Waals surface area contributed by atoms with Crippen LogP contribution < -0.4 is 10.2 Å². The molecule has 0 bridgehead atoms. The van der Waals surface area contributed by atoms with E-state index in [2.05, 4.69) is 29.0 Å². The van der Waals surface area contributed by atoms with Crippen LogP contribution in [-0.4, -0.2) is 30.5 Å². The molecule has 1 amide bonds. The minimum atomic E-state index is -0.253. The number of rotatable bonds is 7. The average molecular weight is 315 g/mol. The number of anilines is 1. The van der Waals surface area contributed by atoms with Gasteiger partial charge in [0.1, 0.15) is 11.6 Å². The van der Waals surface area contributed by atoms with Crippen LogP contribution in [0.3, 0.4) is 0 Å². The van der Waals surface area contributed by atoms with Gasteiger partial charge in [0.2, 0.25) is 0 Å². The molecule has 0 aliphatic carbocycles. The van der Waals surface area contributed by atoms with Crippen molar-refractivity contribution in [2.24, 2.45) is 0 Å². The van der Waals surface area contributed by atoms with Crippen molar-refractivity contribution in [1.29, 1.82) is 0 Å². The molecule has 0 saturated heterocycles. The quantitative estimate of drug-likeness (QED) is 0.854. The lowest BCUT2D eigenvalue weighted by Crippen LogP contribution is -2.26. The first-order valence-electron chi connectivity index (χ1n) is 7.87. The van der Waals surface area contributed by atoms with Crippen LogP contribution in [0.5, 0.6) is 0 Å². The average Bonchev–Trinajstić information content (AvgIpc) is 2.58. The first-order valence-corrected chi connectivity index (χ1v) is 7.87. The van der Waals surface area contributed by atoms with Gasteiger partial charge in [0.25, 0.3) is 5.91 Å². The van der Waals surface area contributed by atoms with Crippen LogP contribution in [-0.2, 0) is 6.42 Å². The number of hydrogen-bond donors (Lipinski definition) is 1. The fourth-order valence-electron chi connectivity index (χ4n) is 2.33. The zero-order valence-electron chi connectivity index (χ0n) is 13.6. The second-order valence-corrected chi connectivity index (χ2v) is 5.21. The van der Waals surface area contributed by atoms with Crippen LogP contribution in [0.1, 0.15) is 29.8 Å². The van der Waals surface area contributed by atoms with Crippen molar-refractivity contribution in [1.82, 2.24) is 10.3 Å². The normalized spacial score (nSPS) is 10.4. The number of amides is 1. The molecular formula is C18H22FN3O. The predicted molar refractivity (Wildman–Crippen MR) is 90.2 cm³/mol. The monoisotopic (exact) mass is 315 g/mol. The van der Waals surface area contributed by atoms with E-state index >= 15 is 0 Å². The van der Waals surface area contributed by atoms with Crippen molar-refractivity contribution >= 4 is 11.7 Å². The zero-order valence-corrected chi connectivity index (χ0v) is 13.6. The molecule has 0 unspecified atom stereocenters. The number of benzene rings is 1. The van der Waals surface area contributed by atoms with Gasteiger partial charge in [-0.2, -0.15) is 0 Å². The van der Waals surface area contributed by atoms with Crippen molar-refractivity contribution in [3.8, 4) is 0 Å². The molecule has 2 rings (SSSR count). The van der Waals surface area contributed by atoms with Crippen LogP contribution in [0.2, 0.25) is 0 Å². The van der Waals surface area contributed by atoms with Crippen LogP contribution in [0.25, 0.3) is 0 Å². The number of halogens is 1. The van der Waals surface area contributed by atoms with Gasteiger partial charge in [-0.3, -0.25) is 4.79 Å². The maximum absolute atomic E-state index is 12.8. The summed E-state index contributed by atoms with van der Waals surface area (Å²) in [5, 5.41) is 2.85. The Kier molecular flexibility index (Phi) is 6.09. The lowest BCUT2D eigenvalue weighted by Gasteiger charge is -2.19. The van der Waals surface area contributed by atoms with E-state index in [4.69, 9.17) is 0 Å². The molecule has 0 radical (unpaired) electrons. The number of nitrogens with zero attached hydrogens (tertiary/aromatic N) is 2. The lowest BCUT2D eigenvalue weighted by molar-refractivity contribution is 0.0954. The minimum absolute atomic E-state index is 0.147. The molecule has 5 heteroatoms. The Morgan fingerprint density at radius 3 is 2.39 bits per heavy atom. The van der Waals surface area contributed by atoms with E-state index in [9.17, 15) is 9.18 Å².